The van der Waals surface area contributed by atoms with Crippen LogP contribution in [0, 0.1) is 19.8 Å². The highest BCUT2D eigenvalue weighted by Crippen LogP contribution is 2.32. The van der Waals surface area contributed by atoms with Crippen LogP contribution in [-0.4, -0.2) is 33.6 Å². The lowest BCUT2D eigenvalue weighted by atomic mass is 10.2. The second kappa shape index (κ2) is 9.30. The largest absolute Gasteiger partial charge is 0.443 e. The van der Waals surface area contributed by atoms with Crippen molar-refractivity contribution in [2.24, 2.45) is 5.92 Å². The van der Waals surface area contributed by atoms with E-state index < -0.39 is 5.25 Å². The zero-order chi connectivity index (χ0) is 21.8. The van der Waals surface area contributed by atoms with Gasteiger partial charge in [0.1, 0.15) is 11.6 Å². The number of thioether (sulfide) groups is 1. The Hall–Kier alpha value is -2.87. The van der Waals surface area contributed by atoms with E-state index in [1.807, 2.05) is 33.8 Å². The monoisotopic (exact) mass is 426 g/mol. The molecule has 0 aliphatic carbocycles. The van der Waals surface area contributed by atoms with Crippen molar-refractivity contribution in [2.45, 2.75) is 45.0 Å². The Morgan fingerprint density at radius 2 is 1.80 bits per heavy atom. The Kier molecular flexibility index (Phi) is 6.77. The number of aromatic nitrogens is 2. The third-order valence-corrected chi connectivity index (χ3v) is 5.57. The van der Waals surface area contributed by atoms with Crippen LogP contribution in [0.25, 0.3) is 11.1 Å². The molecule has 0 unspecified atom stereocenters. The van der Waals surface area contributed by atoms with Crippen LogP contribution in [0.4, 0.5) is 5.82 Å². The fourth-order valence-corrected chi connectivity index (χ4v) is 3.59. The summed E-state index contributed by atoms with van der Waals surface area (Å²) in [6.45, 7) is 10.2. The van der Waals surface area contributed by atoms with Gasteiger partial charge in [0, 0.05) is 17.7 Å². The number of hydrogen-bond donors (Lipinski definition) is 2. The summed E-state index contributed by atoms with van der Waals surface area (Å²) in [4.78, 5) is 34.0. The fraction of sp³-hybridized carbons (Fsp3) is 0.364. The van der Waals surface area contributed by atoms with E-state index in [0.717, 1.165) is 5.56 Å². The Morgan fingerprint density at radius 1 is 1.10 bits per heavy atom. The Labute approximate surface area is 180 Å². The Morgan fingerprint density at radius 3 is 2.47 bits per heavy atom. The van der Waals surface area contributed by atoms with Gasteiger partial charge in [-0.1, -0.05) is 43.8 Å². The molecule has 0 spiro atoms. The molecular formula is C22H26N4O3S. The Balaban J connectivity index is 1.89. The minimum absolute atomic E-state index is 0.0842. The predicted molar refractivity (Wildman–Crippen MR) is 119 cm³/mol. The van der Waals surface area contributed by atoms with E-state index >= 15 is 0 Å². The molecule has 1 aromatic carbocycles. The minimum Gasteiger partial charge on any atom is -0.443 e. The molecule has 8 heteroatoms. The molecule has 0 aliphatic rings. The van der Waals surface area contributed by atoms with Crippen LogP contribution in [0.5, 0.6) is 0 Å². The van der Waals surface area contributed by atoms with Crippen molar-refractivity contribution in [1.82, 2.24) is 15.3 Å². The standard InChI is InChI=1S/C22H26N4O3S/c1-12(2)11-23-19(27)15(5)30-22-25-18(17-13(3)14(4)29-21(17)26-22)24-20(28)16-9-7-6-8-10-16/h6-10,12,15H,11H2,1-5H3,(H,23,27)(H,24,25,26,28)/t15-/m1/s1. The number of amides is 2. The maximum atomic E-state index is 12.7. The molecule has 2 aromatic heterocycles. The summed E-state index contributed by atoms with van der Waals surface area (Å²) >= 11 is 1.22. The smallest absolute Gasteiger partial charge is 0.256 e. The quantitative estimate of drug-likeness (QED) is 0.431. The van der Waals surface area contributed by atoms with Crippen molar-refractivity contribution < 1.29 is 14.0 Å². The van der Waals surface area contributed by atoms with Gasteiger partial charge < -0.3 is 15.1 Å². The van der Waals surface area contributed by atoms with Crippen molar-refractivity contribution in [3.63, 3.8) is 0 Å². The zero-order valence-corrected chi connectivity index (χ0v) is 18.6. The molecule has 158 valence electrons. The number of hydrogen-bond acceptors (Lipinski definition) is 6. The summed E-state index contributed by atoms with van der Waals surface area (Å²) in [6, 6.07) is 8.92. The summed E-state index contributed by atoms with van der Waals surface area (Å²) in [5.41, 5.74) is 1.78. The van der Waals surface area contributed by atoms with Crippen molar-refractivity contribution in [3.8, 4) is 0 Å². The van der Waals surface area contributed by atoms with Crippen molar-refractivity contribution >= 4 is 40.5 Å². The van der Waals surface area contributed by atoms with E-state index in [9.17, 15) is 9.59 Å². The third-order valence-electron chi connectivity index (χ3n) is 4.61. The highest BCUT2D eigenvalue weighted by Gasteiger charge is 2.22. The van der Waals surface area contributed by atoms with Gasteiger partial charge in [0.15, 0.2) is 5.16 Å². The second-order valence-electron chi connectivity index (χ2n) is 7.54. The molecule has 3 aromatic rings. The summed E-state index contributed by atoms with van der Waals surface area (Å²) < 4.78 is 5.77. The number of nitrogens with one attached hydrogen (secondary N) is 2. The summed E-state index contributed by atoms with van der Waals surface area (Å²) in [6.07, 6.45) is 0. The molecule has 2 amide bonds. The molecule has 0 fully saturated rings. The first-order valence-electron chi connectivity index (χ1n) is 9.84. The number of fused-ring (bicyclic) bond motifs is 1. The van der Waals surface area contributed by atoms with Gasteiger partial charge in [-0.3, -0.25) is 9.59 Å². The number of aryl methyl sites for hydroxylation is 2. The first-order valence-corrected chi connectivity index (χ1v) is 10.7. The topological polar surface area (TPSA) is 97.1 Å². The van der Waals surface area contributed by atoms with E-state index in [1.54, 1.807) is 31.2 Å². The zero-order valence-electron chi connectivity index (χ0n) is 17.8. The third kappa shape index (κ3) is 4.99. The predicted octanol–water partition coefficient (Wildman–Crippen LogP) is 4.34. The van der Waals surface area contributed by atoms with Crippen molar-refractivity contribution in [1.29, 1.82) is 0 Å². The molecule has 0 saturated heterocycles. The van der Waals surface area contributed by atoms with Gasteiger partial charge in [-0.2, -0.15) is 4.98 Å². The highest BCUT2D eigenvalue weighted by atomic mass is 32.2. The molecule has 2 heterocycles. The van der Waals surface area contributed by atoms with Crippen LogP contribution in [0.3, 0.4) is 0 Å². The summed E-state index contributed by atoms with van der Waals surface area (Å²) in [5, 5.41) is 6.43. The number of carbonyl (C=O) groups excluding carboxylic acids is 2. The first-order chi connectivity index (χ1) is 14.3. The number of anilines is 1. The van der Waals surface area contributed by atoms with Crippen LogP contribution < -0.4 is 10.6 Å². The molecule has 1 atom stereocenters. The van der Waals surface area contributed by atoms with Gasteiger partial charge in [0.2, 0.25) is 11.6 Å². The molecule has 3 rings (SSSR count). The van der Waals surface area contributed by atoms with Crippen LogP contribution in [0.2, 0.25) is 0 Å². The fourth-order valence-electron chi connectivity index (χ4n) is 2.80. The number of furan rings is 1. The van der Waals surface area contributed by atoms with Gasteiger partial charge in [-0.25, -0.2) is 4.98 Å². The molecule has 0 radical (unpaired) electrons. The summed E-state index contributed by atoms with van der Waals surface area (Å²) in [5.74, 6) is 1.10. The van der Waals surface area contributed by atoms with E-state index in [0.29, 0.717) is 45.9 Å². The maximum absolute atomic E-state index is 12.7. The van der Waals surface area contributed by atoms with E-state index in [4.69, 9.17) is 4.42 Å². The molecule has 0 aliphatic heterocycles. The minimum atomic E-state index is -0.393. The molecule has 7 nitrogen and oxygen atoms in total. The van der Waals surface area contributed by atoms with Gasteiger partial charge in [-0.15, -0.1) is 0 Å². The maximum Gasteiger partial charge on any atom is 0.256 e. The van der Waals surface area contributed by atoms with Crippen molar-refractivity contribution in [3.05, 3.63) is 47.2 Å². The molecule has 0 bridgehead atoms. The SMILES string of the molecule is Cc1oc2nc(S[C@H](C)C(=O)NCC(C)C)nc(NC(=O)c3ccccc3)c2c1C. The van der Waals surface area contributed by atoms with E-state index in [2.05, 4.69) is 20.6 Å². The van der Waals surface area contributed by atoms with Gasteiger partial charge >= 0.3 is 0 Å². The Bertz CT molecular complexity index is 1060. The number of carbonyl (C=O) groups is 2. The average molecular weight is 427 g/mol. The van der Waals surface area contributed by atoms with Gasteiger partial charge in [0.25, 0.3) is 5.91 Å². The lowest BCUT2D eigenvalue weighted by Gasteiger charge is -2.13. The lowest BCUT2D eigenvalue weighted by Crippen LogP contribution is -2.33. The first kappa shape index (κ1) is 21.8. The molecular weight excluding hydrogens is 400 g/mol. The van der Waals surface area contributed by atoms with Crippen LogP contribution in [0.15, 0.2) is 39.9 Å². The van der Waals surface area contributed by atoms with Crippen LogP contribution in [0.1, 0.15) is 42.5 Å². The van der Waals surface area contributed by atoms with Gasteiger partial charge in [0.05, 0.1) is 10.6 Å². The highest BCUT2D eigenvalue weighted by molar-refractivity contribution is 8.00. The molecule has 2 N–H and O–H groups in total. The second-order valence-corrected chi connectivity index (χ2v) is 8.85. The number of benzene rings is 1. The van der Waals surface area contributed by atoms with Crippen LogP contribution in [-0.2, 0) is 4.79 Å². The molecule has 0 saturated carbocycles. The van der Waals surface area contributed by atoms with Crippen LogP contribution >= 0.6 is 11.8 Å². The van der Waals surface area contributed by atoms with Gasteiger partial charge in [-0.05, 0) is 38.8 Å². The number of nitrogens with zero attached hydrogens (tertiary/aromatic N) is 2. The average Bonchev–Trinajstić information content (AvgIpc) is 3.00. The summed E-state index contributed by atoms with van der Waals surface area (Å²) in [7, 11) is 0. The van der Waals surface area contributed by atoms with E-state index in [-0.39, 0.29) is 11.8 Å². The number of rotatable bonds is 7. The van der Waals surface area contributed by atoms with Crippen molar-refractivity contribution in [2.75, 3.05) is 11.9 Å². The molecule has 30 heavy (non-hydrogen) atoms. The normalized spacial score (nSPS) is 12.2. The lowest BCUT2D eigenvalue weighted by molar-refractivity contribution is -0.120. The van der Waals surface area contributed by atoms with E-state index in [1.165, 1.54) is 11.8 Å².